The zero-order valence-corrected chi connectivity index (χ0v) is 15.8. The number of carbonyl (C=O) groups excluding carboxylic acids is 2. The summed E-state index contributed by atoms with van der Waals surface area (Å²) in [5.41, 5.74) is 2.57. The topological polar surface area (TPSA) is 102 Å². The lowest BCUT2D eigenvalue weighted by Crippen LogP contribution is -2.38. The van der Waals surface area contributed by atoms with Crippen LogP contribution in [0.25, 0.3) is 0 Å². The Bertz CT molecular complexity index is 971. The van der Waals surface area contributed by atoms with E-state index in [0.29, 0.717) is 18.8 Å². The third-order valence-corrected chi connectivity index (χ3v) is 5.18. The van der Waals surface area contributed by atoms with Crippen molar-refractivity contribution in [1.82, 2.24) is 4.90 Å². The van der Waals surface area contributed by atoms with Gasteiger partial charge in [-0.25, -0.2) is 4.79 Å². The van der Waals surface area contributed by atoms with E-state index in [9.17, 15) is 19.7 Å². The second-order valence-electron chi connectivity index (χ2n) is 7.32. The molecule has 1 aliphatic carbocycles. The van der Waals surface area contributed by atoms with E-state index >= 15 is 0 Å². The minimum Gasteiger partial charge on any atom is -0.452 e. The van der Waals surface area contributed by atoms with Gasteiger partial charge in [0.05, 0.1) is 10.5 Å². The molecule has 2 aromatic carbocycles. The minimum atomic E-state index is -0.753. The monoisotopic (exact) mass is 395 g/mol. The maximum absolute atomic E-state index is 12.4. The molecule has 1 fully saturated rings. The van der Waals surface area contributed by atoms with Crippen molar-refractivity contribution in [3.05, 3.63) is 69.3 Å². The van der Waals surface area contributed by atoms with Crippen LogP contribution in [-0.2, 0) is 22.5 Å². The Morgan fingerprint density at radius 3 is 2.66 bits per heavy atom. The Labute approximate surface area is 167 Å². The highest BCUT2D eigenvalue weighted by Crippen LogP contribution is 2.31. The molecule has 0 bridgehead atoms. The lowest BCUT2D eigenvalue weighted by Gasteiger charge is -2.28. The second kappa shape index (κ2) is 7.90. The van der Waals surface area contributed by atoms with E-state index in [2.05, 4.69) is 5.32 Å². The van der Waals surface area contributed by atoms with Crippen LogP contribution < -0.4 is 5.32 Å². The van der Waals surface area contributed by atoms with Crippen LogP contribution in [0.2, 0.25) is 0 Å². The molecule has 1 N–H and O–H groups in total. The summed E-state index contributed by atoms with van der Waals surface area (Å²) >= 11 is 0. The normalized spacial score (nSPS) is 15.4. The molecule has 8 heteroatoms. The van der Waals surface area contributed by atoms with Gasteiger partial charge in [0.1, 0.15) is 5.69 Å². The first kappa shape index (κ1) is 18.9. The average Bonchev–Trinajstić information content (AvgIpc) is 3.55. The van der Waals surface area contributed by atoms with Gasteiger partial charge in [0.25, 0.3) is 11.6 Å². The summed E-state index contributed by atoms with van der Waals surface area (Å²) in [4.78, 5) is 37.2. The quantitative estimate of drug-likeness (QED) is 0.458. The van der Waals surface area contributed by atoms with E-state index in [1.165, 1.54) is 23.8 Å². The summed E-state index contributed by atoms with van der Waals surface area (Å²) in [5.74, 6) is -1.04. The molecule has 0 spiro atoms. The number of amides is 1. The fraction of sp³-hybridized carbons (Fsp3) is 0.333. The van der Waals surface area contributed by atoms with Crippen LogP contribution in [0.4, 0.5) is 11.4 Å². The summed E-state index contributed by atoms with van der Waals surface area (Å²) in [6, 6.07) is 12.4. The number of ether oxygens (including phenoxy) is 1. The van der Waals surface area contributed by atoms with Crippen molar-refractivity contribution in [2.75, 3.05) is 18.5 Å². The second-order valence-corrected chi connectivity index (χ2v) is 7.32. The van der Waals surface area contributed by atoms with Gasteiger partial charge in [0, 0.05) is 25.2 Å². The molecule has 29 heavy (non-hydrogen) atoms. The third kappa shape index (κ3) is 4.37. The van der Waals surface area contributed by atoms with E-state index in [1.807, 2.05) is 24.3 Å². The number of nitro groups is 1. The summed E-state index contributed by atoms with van der Waals surface area (Å²) in [6.45, 7) is 0.664. The highest BCUT2D eigenvalue weighted by Gasteiger charge is 2.26. The first-order valence-electron chi connectivity index (χ1n) is 9.58. The summed E-state index contributed by atoms with van der Waals surface area (Å²) in [6.07, 6.45) is 2.71. The SMILES string of the molecule is O=C(OCC(=O)N1CCc2ccccc2C1)c1ccc(NC2CC2)c([N+](=O)[O-])c1. The minimum absolute atomic E-state index is 0.0508. The fourth-order valence-electron chi connectivity index (χ4n) is 3.39. The zero-order valence-electron chi connectivity index (χ0n) is 15.8. The highest BCUT2D eigenvalue weighted by molar-refractivity contribution is 5.93. The van der Waals surface area contributed by atoms with E-state index in [4.69, 9.17) is 4.74 Å². The van der Waals surface area contributed by atoms with Gasteiger partial charge in [-0.1, -0.05) is 24.3 Å². The largest absolute Gasteiger partial charge is 0.452 e. The van der Waals surface area contributed by atoms with Crippen LogP contribution in [0, 0.1) is 10.1 Å². The van der Waals surface area contributed by atoms with Crippen molar-refractivity contribution >= 4 is 23.3 Å². The molecule has 150 valence electrons. The van der Waals surface area contributed by atoms with Crippen molar-refractivity contribution in [3.63, 3.8) is 0 Å². The molecule has 0 aromatic heterocycles. The van der Waals surface area contributed by atoms with Gasteiger partial charge in [-0.15, -0.1) is 0 Å². The van der Waals surface area contributed by atoms with Crippen LogP contribution in [0.1, 0.15) is 34.3 Å². The predicted octanol–water partition coefficient (Wildman–Crippen LogP) is 2.91. The van der Waals surface area contributed by atoms with Crippen molar-refractivity contribution in [3.8, 4) is 0 Å². The van der Waals surface area contributed by atoms with Gasteiger partial charge >= 0.3 is 5.97 Å². The molecule has 1 heterocycles. The molecule has 4 rings (SSSR count). The molecule has 0 atom stereocenters. The lowest BCUT2D eigenvalue weighted by atomic mass is 10.00. The van der Waals surface area contributed by atoms with E-state index < -0.39 is 17.5 Å². The Hall–Kier alpha value is -3.42. The van der Waals surface area contributed by atoms with Crippen LogP contribution in [-0.4, -0.2) is 40.9 Å². The number of hydrogen-bond acceptors (Lipinski definition) is 6. The number of carbonyl (C=O) groups is 2. The van der Waals surface area contributed by atoms with Crippen molar-refractivity contribution in [1.29, 1.82) is 0 Å². The molecule has 2 aromatic rings. The highest BCUT2D eigenvalue weighted by atomic mass is 16.6. The Balaban J connectivity index is 1.37. The molecule has 0 saturated heterocycles. The van der Waals surface area contributed by atoms with Gasteiger partial charge in [0.2, 0.25) is 0 Å². The van der Waals surface area contributed by atoms with Gasteiger partial charge in [-0.2, -0.15) is 0 Å². The molecular weight excluding hydrogens is 374 g/mol. The number of fused-ring (bicyclic) bond motifs is 1. The number of nitrogens with one attached hydrogen (secondary N) is 1. The first-order chi connectivity index (χ1) is 14.0. The summed E-state index contributed by atoms with van der Waals surface area (Å²) < 4.78 is 5.13. The summed E-state index contributed by atoms with van der Waals surface area (Å²) in [5, 5.41) is 14.4. The maximum Gasteiger partial charge on any atom is 0.338 e. The average molecular weight is 395 g/mol. The molecule has 2 aliphatic rings. The maximum atomic E-state index is 12.4. The molecule has 0 radical (unpaired) electrons. The molecule has 0 unspecified atom stereocenters. The van der Waals surface area contributed by atoms with E-state index in [-0.39, 0.29) is 23.2 Å². The number of anilines is 1. The van der Waals surface area contributed by atoms with Crippen LogP contribution >= 0.6 is 0 Å². The third-order valence-electron chi connectivity index (χ3n) is 5.18. The Kier molecular flexibility index (Phi) is 5.16. The fourth-order valence-corrected chi connectivity index (χ4v) is 3.39. The summed E-state index contributed by atoms with van der Waals surface area (Å²) in [7, 11) is 0. The number of nitrogens with zero attached hydrogens (tertiary/aromatic N) is 2. The van der Waals surface area contributed by atoms with Gasteiger partial charge in [0.15, 0.2) is 6.61 Å². The van der Waals surface area contributed by atoms with Gasteiger partial charge in [-0.3, -0.25) is 14.9 Å². The number of benzene rings is 2. The molecular formula is C21H21N3O5. The Morgan fingerprint density at radius 1 is 1.17 bits per heavy atom. The van der Waals surface area contributed by atoms with Crippen molar-refractivity contribution in [2.45, 2.75) is 31.8 Å². The smallest absolute Gasteiger partial charge is 0.338 e. The Morgan fingerprint density at radius 2 is 1.93 bits per heavy atom. The molecule has 1 aliphatic heterocycles. The lowest BCUT2D eigenvalue weighted by molar-refractivity contribution is -0.384. The van der Waals surface area contributed by atoms with Crippen molar-refractivity contribution in [2.24, 2.45) is 0 Å². The molecule has 1 saturated carbocycles. The molecule has 1 amide bonds. The van der Waals surface area contributed by atoms with Crippen molar-refractivity contribution < 1.29 is 19.2 Å². The van der Waals surface area contributed by atoms with E-state index in [0.717, 1.165) is 24.8 Å². The predicted molar refractivity (Wildman–Crippen MR) is 106 cm³/mol. The van der Waals surface area contributed by atoms with Crippen LogP contribution in [0.5, 0.6) is 0 Å². The van der Waals surface area contributed by atoms with Crippen LogP contribution in [0.3, 0.4) is 0 Å². The molecule has 8 nitrogen and oxygen atoms in total. The number of esters is 1. The van der Waals surface area contributed by atoms with Gasteiger partial charge < -0.3 is 15.0 Å². The number of hydrogen-bond donors (Lipinski definition) is 1. The number of rotatable bonds is 6. The van der Waals surface area contributed by atoms with Crippen LogP contribution in [0.15, 0.2) is 42.5 Å². The zero-order chi connectivity index (χ0) is 20.4. The van der Waals surface area contributed by atoms with Gasteiger partial charge in [-0.05, 0) is 42.5 Å². The van der Waals surface area contributed by atoms with E-state index in [1.54, 1.807) is 4.90 Å². The first-order valence-corrected chi connectivity index (χ1v) is 9.58. The number of nitro benzene ring substituents is 1. The standard InChI is InChI=1S/C21H21N3O5/c25-20(23-10-9-14-3-1-2-4-16(14)12-23)13-29-21(26)15-5-8-18(22-17-6-7-17)19(11-15)24(27)28/h1-5,8,11,17,22H,6-7,9-10,12-13H2.